The molecule has 0 saturated carbocycles. The minimum Gasteiger partial charge on any atom is -0.307 e. The maximum Gasteiger partial charge on any atom is 0.250 e. The molecule has 0 aliphatic carbocycles. The number of halogens is 3. The number of carbonyl (C=O) groups excluding carboxylic acids is 1. The molecule has 1 atom stereocenters. The molecule has 1 amide bonds. The highest BCUT2D eigenvalue weighted by Crippen LogP contribution is 2.23. The van der Waals surface area contributed by atoms with Crippen molar-refractivity contribution in [1.29, 1.82) is 0 Å². The molecule has 1 aromatic carbocycles. The molecule has 0 spiro atoms. The van der Waals surface area contributed by atoms with E-state index in [9.17, 15) is 4.79 Å². The van der Waals surface area contributed by atoms with Gasteiger partial charge in [0.2, 0.25) is 5.91 Å². The monoisotopic (exact) mass is 469 g/mol. The molecule has 1 unspecified atom stereocenters. The van der Waals surface area contributed by atoms with Gasteiger partial charge in [-0.1, -0.05) is 36.2 Å². The molecular weight excluding hydrogens is 453 g/mol. The van der Waals surface area contributed by atoms with Gasteiger partial charge in [0, 0.05) is 28.0 Å². The number of anilines is 1. The molecule has 142 valence electrons. The summed E-state index contributed by atoms with van der Waals surface area (Å²) in [6.07, 6.45) is 4.05. The minimum absolute atomic E-state index is 0.165. The maximum absolute atomic E-state index is 12.7. The topological polar surface area (TPSA) is 64.7 Å². The number of aryl methyl sites for hydroxylation is 1. The van der Waals surface area contributed by atoms with Gasteiger partial charge >= 0.3 is 0 Å². The van der Waals surface area contributed by atoms with Crippen molar-refractivity contribution < 1.29 is 4.79 Å². The van der Waals surface area contributed by atoms with Gasteiger partial charge in [0.15, 0.2) is 5.82 Å². The molecule has 0 bridgehead atoms. The van der Waals surface area contributed by atoms with Crippen molar-refractivity contribution in [3.8, 4) is 0 Å². The first-order valence-corrected chi connectivity index (χ1v) is 9.91. The molecule has 6 nitrogen and oxygen atoms in total. The Kier molecular flexibility index (Phi) is 6.24. The van der Waals surface area contributed by atoms with E-state index in [0.717, 1.165) is 15.7 Å². The lowest BCUT2D eigenvalue weighted by Gasteiger charge is -2.14. The smallest absolute Gasteiger partial charge is 0.250 e. The zero-order valence-electron chi connectivity index (χ0n) is 14.8. The lowest BCUT2D eigenvalue weighted by Crippen LogP contribution is -2.26. The largest absolute Gasteiger partial charge is 0.307 e. The summed E-state index contributed by atoms with van der Waals surface area (Å²) in [7, 11) is 0. The number of nitrogens with zero attached hydrogens (tertiary/aromatic N) is 4. The Morgan fingerprint density at radius 1 is 1.33 bits per heavy atom. The average molecular weight is 471 g/mol. The van der Waals surface area contributed by atoms with E-state index in [1.165, 1.54) is 0 Å². The lowest BCUT2D eigenvalue weighted by atomic mass is 10.2. The third-order valence-corrected chi connectivity index (χ3v) is 5.14. The number of hydrogen-bond acceptors (Lipinski definition) is 3. The van der Waals surface area contributed by atoms with E-state index in [4.69, 9.17) is 23.2 Å². The molecule has 1 N–H and O–H groups in total. The summed E-state index contributed by atoms with van der Waals surface area (Å²) >= 11 is 15.5. The molecule has 2 aromatic heterocycles. The van der Waals surface area contributed by atoms with E-state index in [0.29, 0.717) is 28.8 Å². The van der Waals surface area contributed by atoms with Crippen molar-refractivity contribution in [3.63, 3.8) is 0 Å². The molecule has 0 aliphatic rings. The Morgan fingerprint density at radius 2 is 2.11 bits per heavy atom. The number of carbonyl (C=O) groups is 1. The van der Waals surface area contributed by atoms with E-state index in [2.05, 4.69) is 31.4 Å². The minimum atomic E-state index is -0.410. The Hall–Kier alpha value is -1.83. The first-order chi connectivity index (χ1) is 12.9. The standard InChI is InChI=1S/C18H18BrCl2N5O/c1-3-16(26-10-13(19)8-22-26)18(27)23-17-6-11(2)25(24-17)9-12-4-5-14(20)7-15(12)21/h4-8,10,16H,3,9H2,1-2H3,(H,23,24,27). The molecule has 0 radical (unpaired) electrons. The molecule has 9 heteroatoms. The van der Waals surface area contributed by atoms with Gasteiger partial charge in [-0.2, -0.15) is 10.2 Å². The van der Waals surface area contributed by atoms with Gasteiger partial charge in [-0.25, -0.2) is 0 Å². The number of benzene rings is 1. The number of amides is 1. The summed E-state index contributed by atoms with van der Waals surface area (Å²) in [6.45, 7) is 4.35. The first kappa shape index (κ1) is 19.9. The normalized spacial score (nSPS) is 12.2. The fraction of sp³-hybridized carbons (Fsp3) is 0.278. The summed E-state index contributed by atoms with van der Waals surface area (Å²) in [4.78, 5) is 12.7. The molecule has 2 heterocycles. The lowest BCUT2D eigenvalue weighted by molar-refractivity contribution is -0.119. The summed E-state index contributed by atoms with van der Waals surface area (Å²) in [5, 5.41) is 12.7. The predicted molar refractivity (Wildman–Crippen MR) is 110 cm³/mol. The van der Waals surface area contributed by atoms with Crippen LogP contribution in [0.15, 0.2) is 41.1 Å². The Bertz CT molecular complexity index is 969. The zero-order chi connectivity index (χ0) is 19.6. The first-order valence-electron chi connectivity index (χ1n) is 8.36. The predicted octanol–water partition coefficient (Wildman–Crippen LogP) is 5.10. The summed E-state index contributed by atoms with van der Waals surface area (Å²) in [5.41, 5.74) is 1.81. The van der Waals surface area contributed by atoms with Crippen molar-refractivity contribution in [2.24, 2.45) is 0 Å². The molecule has 3 aromatic rings. The molecular formula is C18H18BrCl2N5O. The van der Waals surface area contributed by atoms with Crippen LogP contribution >= 0.6 is 39.1 Å². The van der Waals surface area contributed by atoms with Crippen LogP contribution in [0.2, 0.25) is 10.0 Å². The van der Waals surface area contributed by atoms with Crippen LogP contribution in [0.4, 0.5) is 5.82 Å². The highest BCUT2D eigenvalue weighted by atomic mass is 79.9. The van der Waals surface area contributed by atoms with Crippen molar-refractivity contribution in [2.45, 2.75) is 32.9 Å². The van der Waals surface area contributed by atoms with E-state index >= 15 is 0 Å². The van der Waals surface area contributed by atoms with Gasteiger partial charge in [-0.3, -0.25) is 14.2 Å². The Labute approximate surface area is 175 Å². The van der Waals surface area contributed by atoms with Crippen LogP contribution in [0.3, 0.4) is 0 Å². The second-order valence-electron chi connectivity index (χ2n) is 6.12. The van der Waals surface area contributed by atoms with E-state index in [1.807, 2.05) is 26.0 Å². The van der Waals surface area contributed by atoms with Crippen LogP contribution in [0, 0.1) is 6.92 Å². The van der Waals surface area contributed by atoms with Crippen molar-refractivity contribution >= 4 is 50.9 Å². The van der Waals surface area contributed by atoms with E-state index in [-0.39, 0.29) is 5.91 Å². The van der Waals surface area contributed by atoms with Crippen molar-refractivity contribution in [1.82, 2.24) is 19.6 Å². The highest BCUT2D eigenvalue weighted by molar-refractivity contribution is 9.10. The van der Waals surface area contributed by atoms with Crippen molar-refractivity contribution in [2.75, 3.05) is 5.32 Å². The van der Waals surface area contributed by atoms with Gasteiger partial charge in [0.1, 0.15) is 6.04 Å². The highest BCUT2D eigenvalue weighted by Gasteiger charge is 2.20. The second kappa shape index (κ2) is 8.46. The number of hydrogen-bond donors (Lipinski definition) is 1. The summed E-state index contributed by atoms with van der Waals surface area (Å²) in [6, 6.07) is 6.78. The SMILES string of the molecule is CCC(C(=O)Nc1cc(C)n(Cc2ccc(Cl)cc2Cl)n1)n1cc(Br)cn1. The Morgan fingerprint density at radius 3 is 2.74 bits per heavy atom. The van der Waals surface area contributed by atoms with E-state index in [1.54, 1.807) is 33.9 Å². The van der Waals surface area contributed by atoms with Crippen LogP contribution in [0.5, 0.6) is 0 Å². The van der Waals surface area contributed by atoms with Crippen LogP contribution < -0.4 is 5.32 Å². The zero-order valence-corrected chi connectivity index (χ0v) is 17.9. The number of rotatable bonds is 6. The summed E-state index contributed by atoms with van der Waals surface area (Å²) in [5.74, 6) is 0.328. The van der Waals surface area contributed by atoms with Crippen LogP contribution in [0.1, 0.15) is 30.6 Å². The number of nitrogens with one attached hydrogen (secondary N) is 1. The molecule has 0 fully saturated rings. The quantitative estimate of drug-likeness (QED) is 0.545. The molecule has 0 aliphatic heterocycles. The van der Waals surface area contributed by atoms with Crippen molar-refractivity contribution in [3.05, 3.63) is 62.4 Å². The fourth-order valence-corrected chi connectivity index (χ4v) is 3.50. The van der Waals surface area contributed by atoms with Gasteiger partial charge in [0.25, 0.3) is 0 Å². The summed E-state index contributed by atoms with van der Waals surface area (Å²) < 4.78 is 4.25. The average Bonchev–Trinajstić information content (AvgIpc) is 3.17. The van der Waals surface area contributed by atoms with Gasteiger partial charge in [0.05, 0.1) is 17.2 Å². The fourth-order valence-electron chi connectivity index (χ4n) is 2.73. The van der Waals surface area contributed by atoms with Gasteiger partial charge in [-0.15, -0.1) is 0 Å². The number of aromatic nitrogens is 4. The van der Waals surface area contributed by atoms with Crippen LogP contribution in [-0.4, -0.2) is 25.5 Å². The maximum atomic E-state index is 12.7. The molecule has 3 rings (SSSR count). The third-order valence-electron chi connectivity index (χ3n) is 4.15. The van der Waals surface area contributed by atoms with Crippen LogP contribution in [0.25, 0.3) is 0 Å². The molecule has 0 saturated heterocycles. The van der Waals surface area contributed by atoms with E-state index < -0.39 is 6.04 Å². The second-order valence-corrected chi connectivity index (χ2v) is 7.88. The van der Waals surface area contributed by atoms with Gasteiger partial charge < -0.3 is 5.32 Å². The van der Waals surface area contributed by atoms with Crippen LogP contribution in [-0.2, 0) is 11.3 Å². The van der Waals surface area contributed by atoms with Gasteiger partial charge in [-0.05, 0) is 47.0 Å². The third kappa shape index (κ3) is 4.72. The molecule has 27 heavy (non-hydrogen) atoms. The Balaban J connectivity index is 1.74.